The lowest BCUT2D eigenvalue weighted by molar-refractivity contribution is -0.140. The lowest BCUT2D eigenvalue weighted by atomic mass is 9.72. The Hall–Kier alpha value is -1.65. The van der Waals surface area contributed by atoms with Gasteiger partial charge in [0, 0.05) is 30.6 Å². The molecular weight excluding hydrogens is 260 g/mol. The van der Waals surface area contributed by atoms with E-state index >= 15 is 0 Å². The molecule has 0 aliphatic heterocycles. The number of carbonyl (C=O) groups excluding carboxylic acids is 5. The van der Waals surface area contributed by atoms with Gasteiger partial charge < -0.3 is 9.59 Å². The maximum atomic E-state index is 11.9. The Balaban J connectivity index is 5.59. The van der Waals surface area contributed by atoms with E-state index in [9.17, 15) is 24.0 Å². The summed E-state index contributed by atoms with van der Waals surface area (Å²) in [6, 6.07) is 0. The third kappa shape index (κ3) is 5.55. The van der Waals surface area contributed by atoms with Gasteiger partial charge in [0.1, 0.15) is 28.9 Å². The number of hydrogen-bond donors (Lipinski definition) is 0. The Morgan fingerprint density at radius 3 is 1.05 bits per heavy atom. The van der Waals surface area contributed by atoms with Crippen LogP contribution in [0.3, 0.4) is 0 Å². The second kappa shape index (κ2) is 7.82. The van der Waals surface area contributed by atoms with Crippen molar-refractivity contribution in [1.82, 2.24) is 0 Å². The predicted octanol–water partition coefficient (Wildman–Crippen LogP) is 1.56. The van der Waals surface area contributed by atoms with Gasteiger partial charge in [0.2, 0.25) is 0 Å². The molecule has 20 heavy (non-hydrogen) atoms. The summed E-state index contributed by atoms with van der Waals surface area (Å²) in [6.07, 6.45) is -0.164. The van der Waals surface area contributed by atoms with Gasteiger partial charge in [-0.3, -0.25) is 14.4 Å². The minimum atomic E-state index is -0.905. The molecule has 0 spiro atoms. The van der Waals surface area contributed by atoms with Gasteiger partial charge in [-0.2, -0.15) is 0 Å². The van der Waals surface area contributed by atoms with E-state index < -0.39 is 17.8 Å². The number of carbonyl (C=O) groups is 5. The van der Waals surface area contributed by atoms with Crippen molar-refractivity contribution >= 4 is 28.9 Å². The molecule has 0 N–H and O–H groups in total. The SMILES string of the molecule is CC(=O)CC(C(C)=O)C(C(C)=O)C(CC(C)=O)C(C)=O. The first-order chi connectivity index (χ1) is 9.07. The van der Waals surface area contributed by atoms with E-state index in [1.807, 2.05) is 0 Å². The Bertz CT molecular complexity index is 402. The van der Waals surface area contributed by atoms with Gasteiger partial charge in [-0.1, -0.05) is 0 Å². The molecule has 0 aromatic heterocycles. The maximum absolute atomic E-state index is 11.9. The van der Waals surface area contributed by atoms with Crippen LogP contribution in [0.15, 0.2) is 0 Å². The molecule has 5 heteroatoms. The second-order valence-electron chi connectivity index (χ2n) is 5.38. The van der Waals surface area contributed by atoms with Crippen molar-refractivity contribution in [3.8, 4) is 0 Å². The van der Waals surface area contributed by atoms with Gasteiger partial charge in [-0.25, -0.2) is 0 Å². The standard InChI is InChI=1S/C15H22O5/c1-8(16)6-13(10(3)18)15(12(5)20)14(11(4)19)7-9(2)17/h13-15H,6-7H2,1-5H3. The molecule has 0 saturated carbocycles. The van der Waals surface area contributed by atoms with E-state index in [2.05, 4.69) is 0 Å². The molecule has 5 nitrogen and oxygen atoms in total. The fourth-order valence-electron chi connectivity index (χ4n) is 2.51. The van der Waals surface area contributed by atoms with Crippen LogP contribution in [0.2, 0.25) is 0 Å². The van der Waals surface area contributed by atoms with Crippen molar-refractivity contribution in [3.05, 3.63) is 0 Å². The summed E-state index contributed by atoms with van der Waals surface area (Å²) in [5.41, 5.74) is 0. The first-order valence-corrected chi connectivity index (χ1v) is 6.58. The largest absolute Gasteiger partial charge is 0.300 e. The van der Waals surface area contributed by atoms with Gasteiger partial charge in [-0.05, 0) is 34.6 Å². The molecule has 0 heterocycles. The molecule has 0 saturated heterocycles. The molecule has 0 aliphatic carbocycles. The van der Waals surface area contributed by atoms with Crippen molar-refractivity contribution < 1.29 is 24.0 Å². The Kier molecular flexibility index (Phi) is 7.18. The van der Waals surface area contributed by atoms with Crippen LogP contribution in [0.25, 0.3) is 0 Å². The number of rotatable bonds is 9. The fraction of sp³-hybridized carbons (Fsp3) is 0.667. The van der Waals surface area contributed by atoms with Crippen molar-refractivity contribution in [2.24, 2.45) is 17.8 Å². The number of hydrogen-bond acceptors (Lipinski definition) is 5. The van der Waals surface area contributed by atoms with Crippen LogP contribution in [-0.2, 0) is 24.0 Å². The van der Waals surface area contributed by atoms with Gasteiger partial charge in [0.15, 0.2) is 0 Å². The van der Waals surface area contributed by atoms with E-state index in [0.717, 1.165) is 0 Å². The van der Waals surface area contributed by atoms with E-state index in [1.54, 1.807) is 0 Å². The second-order valence-corrected chi connectivity index (χ2v) is 5.38. The fourth-order valence-corrected chi connectivity index (χ4v) is 2.51. The highest BCUT2D eigenvalue weighted by molar-refractivity contribution is 5.96. The van der Waals surface area contributed by atoms with E-state index in [4.69, 9.17) is 0 Å². The summed E-state index contributed by atoms with van der Waals surface area (Å²) < 4.78 is 0. The number of ketones is 5. The molecular formula is C15H22O5. The van der Waals surface area contributed by atoms with Crippen LogP contribution in [-0.4, -0.2) is 28.9 Å². The zero-order chi connectivity index (χ0) is 16.0. The van der Waals surface area contributed by atoms with E-state index in [1.165, 1.54) is 34.6 Å². The molecule has 0 fully saturated rings. The third-order valence-electron chi connectivity index (χ3n) is 3.40. The first kappa shape index (κ1) is 18.4. The molecule has 2 unspecified atom stereocenters. The zero-order valence-electron chi connectivity index (χ0n) is 12.7. The summed E-state index contributed by atoms with van der Waals surface area (Å²) in [4.78, 5) is 57.9. The molecule has 0 amide bonds. The Labute approximate surface area is 119 Å². The van der Waals surface area contributed by atoms with Gasteiger partial charge in [0.25, 0.3) is 0 Å². The summed E-state index contributed by atoms with van der Waals surface area (Å²) in [5, 5.41) is 0. The van der Waals surface area contributed by atoms with Gasteiger partial charge >= 0.3 is 0 Å². The highest BCUT2D eigenvalue weighted by atomic mass is 16.1. The normalized spacial score (nSPS) is 15.1. The van der Waals surface area contributed by atoms with Crippen molar-refractivity contribution in [3.63, 3.8) is 0 Å². The highest BCUT2D eigenvalue weighted by Crippen LogP contribution is 2.30. The molecule has 0 aromatic carbocycles. The molecule has 0 radical (unpaired) electrons. The van der Waals surface area contributed by atoms with Crippen LogP contribution in [0, 0.1) is 17.8 Å². The lowest BCUT2D eigenvalue weighted by Crippen LogP contribution is -2.38. The smallest absolute Gasteiger partial charge is 0.134 e. The van der Waals surface area contributed by atoms with Crippen molar-refractivity contribution in [2.45, 2.75) is 47.5 Å². The molecule has 112 valence electrons. The van der Waals surface area contributed by atoms with Crippen molar-refractivity contribution in [2.75, 3.05) is 0 Å². The highest BCUT2D eigenvalue weighted by Gasteiger charge is 2.39. The quantitative estimate of drug-likeness (QED) is 0.640. The van der Waals surface area contributed by atoms with Crippen LogP contribution >= 0.6 is 0 Å². The summed E-state index contributed by atoms with van der Waals surface area (Å²) in [5.74, 6) is -3.98. The van der Waals surface area contributed by atoms with Gasteiger partial charge in [-0.15, -0.1) is 0 Å². The number of Topliss-reactive ketones (excluding diaryl/α,β-unsaturated/α-hetero) is 5. The summed E-state index contributed by atoms with van der Waals surface area (Å²) in [6.45, 7) is 6.56. The van der Waals surface area contributed by atoms with Crippen molar-refractivity contribution in [1.29, 1.82) is 0 Å². The zero-order valence-corrected chi connectivity index (χ0v) is 12.7. The molecule has 0 rings (SSSR count). The third-order valence-corrected chi connectivity index (χ3v) is 3.40. The predicted molar refractivity (Wildman–Crippen MR) is 73.1 cm³/mol. The van der Waals surface area contributed by atoms with Crippen LogP contribution < -0.4 is 0 Å². The Morgan fingerprint density at radius 2 is 0.900 bits per heavy atom. The summed E-state index contributed by atoms with van der Waals surface area (Å²) in [7, 11) is 0. The van der Waals surface area contributed by atoms with Gasteiger partial charge in [0.05, 0.1) is 0 Å². The average Bonchev–Trinajstić information content (AvgIpc) is 2.24. The minimum absolute atomic E-state index is 0.0821. The first-order valence-electron chi connectivity index (χ1n) is 6.58. The molecule has 0 aliphatic rings. The topological polar surface area (TPSA) is 85.3 Å². The monoisotopic (exact) mass is 282 g/mol. The lowest BCUT2D eigenvalue weighted by Gasteiger charge is -2.28. The van der Waals surface area contributed by atoms with Crippen LogP contribution in [0.5, 0.6) is 0 Å². The minimum Gasteiger partial charge on any atom is -0.300 e. The van der Waals surface area contributed by atoms with Crippen LogP contribution in [0.4, 0.5) is 0 Å². The summed E-state index contributed by atoms with van der Waals surface area (Å²) >= 11 is 0. The van der Waals surface area contributed by atoms with Crippen LogP contribution in [0.1, 0.15) is 47.5 Å². The van der Waals surface area contributed by atoms with E-state index in [-0.39, 0.29) is 41.8 Å². The average molecular weight is 282 g/mol. The molecule has 0 bridgehead atoms. The maximum Gasteiger partial charge on any atom is 0.134 e. The molecule has 0 aromatic rings. The Morgan fingerprint density at radius 1 is 0.600 bits per heavy atom. The van der Waals surface area contributed by atoms with E-state index in [0.29, 0.717) is 0 Å². The molecule has 2 atom stereocenters.